The second-order valence-corrected chi connectivity index (χ2v) is 2.92. The first-order valence-electron chi connectivity index (χ1n) is 4.67. The molecule has 0 aliphatic heterocycles. The van der Waals surface area contributed by atoms with Crippen LogP contribution >= 0.6 is 0 Å². The van der Waals surface area contributed by atoms with Crippen LogP contribution in [0.1, 0.15) is 17.3 Å². The molecular formula is C10H13BO4. The number of methoxy groups -OCH3 is 1. The van der Waals surface area contributed by atoms with Gasteiger partial charge >= 0.3 is 13.1 Å². The minimum Gasteiger partial charge on any atom is -0.465 e. The van der Waals surface area contributed by atoms with Gasteiger partial charge in [0, 0.05) is 6.61 Å². The largest absolute Gasteiger partial charge is 0.491 e. The summed E-state index contributed by atoms with van der Waals surface area (Å²) >= 11 is 0. The molecule has 1 rings (SSSR count). The molecule has 0 aliphatic carbocycles. The summed E-state index contributed by atoms with van der Waals surface area (Å²) < 4.78 is 9.55. The lowest BCUT2D eigenvalue weighted by Gasteiger charge is -2.06. The van der Waals surface area contributed by atoms with Crippen molar-refractivity contribution in [3.8, 4) is 0 Å². The van der Waals surface area contributed by atoms with Gasteiger partial charge in [-0.05, 0) is 24.5 Å². The van der Waals surface area contributed by atoms with Crippen LogP contribution in [0.4, 0.5) is 0 Å². The summed E-state index contributed by atoms with van der Waals surface area (Å²) in [6, 6.07) is 6.44. The van der Waals surface area contributed by atoms with E-state index in [0.29, 0.717) is 17.6 Å². The third kappa shape index (κ3) is 3.07. The quantitative estimate of drug-likeness (QED) is 0.567. The Morgan fingerprint density at radius 2 is 2.00 bits per heavy atom. The minimum absolute atomic E-state index is 0.396. The molecule has 1 N–H and O–H groups in total. The summed E-state index contributed by atoms with van der Waals surface area (Å²) in [7, 11) is 0.382. The van der Waals surface area contributed by atoms with Crippen LogP contribution in [0.15, 0.2) is 24.3 Å². The molecule has 0 atom stereocenters. The second-order valence-electron chi connectivity index (χ2n) is 2.92. The molecule has 1 aromatic carbocycles. The zero-order valence-electron chi connectivity index (χ0n) is 8.77. The van der Waals surface area contributed by atoms with Crippen LogP contribution in [-0.2, 0) is 9.39 Å². The molecule has 0 amide bonds. The average Bonchev–Trinajstić information content (AvgIpc) is 2.28. The molecule has 80 valence electrons. The Labute approximate surface area is 89.0 Å². The van der Waals surface area contributed by atoms with E-state index in [-0.39, 0.29) is 0 Å². The Morgan fingerprint density at radius 3 is 2.47 bits per heavy atom. The van der Waals surface area contributed by atoms with Crippen molar-refractivity contribution >= 4 is 18.6 Å². The smallest absolute Gasteiger partial charge is 0.465 e. The summed E-state index contributed by atoms with van der Waals surface area (Å²) in [6.07, 6.45) is 0. The summed E-state index contributed by atoms with van der Waals surface area (Å²) in [4.78, 5) is 11.1. The first-order valence-corrected chi connectivity index (χ1v) is 4.67. The van der Waals surface area contributed by atoms with E-state index in [4.69, 9.17) is 4.65 Å². The van der Waals surface area contributed by atoms with Crippen LogP contribution in [0.3, 0.4) is 0 Å². The molecule has 4 nitrogen and oxygen atoms in total. The van der Waals surface area contributed by atoms with Gasteiger partial charge < -0.3 is 14.4 Å². The van der Waals surface area contributed by atoms with Crippen molar-refractivity contribution < 1.29 is 19.2 Å². The number of hydrogen-bond acceptors (Lipinski definition) is 4. The van der Waals surface area contributed by atoms with Gasteiger partial charge in [-0.25, -0.2) is 4.79 Å². The lowest BCUT2D eigenvalue weighted by molar-refractivity contribution is 0.0600. The van der Waals surface area contributed by atoms with Gasteiger partial charge in [-0.3, -0.25) is 0 Å². The molecule has 0 fully saturated rings. The Kier molecular flexibility index (Phi) is 4.33. The maximum Gasteiger partial charge on any atom is 0.491 e. The van der Waals surface area contributed by atoms with Crippen molar-refractivity contribution in [3.63, 3.8) is 0 Å². The number of hydrogen-bond donors (Lipinski definition) is 1. The molecule has 0 unspecified atom stereocenters. The Bertz CT molecular complexity index is 323. The van der Waals surface area contributed by atoms with E-state index >= 15 is 0 Å². The minimum atomic E-state index is -0.943. The monoisotopic (exact) mass is 208 g/mol. The molecule has 0 aromatic heterocycles. The van der Waals surface area contributed by atoms with Gasteiger partial charge in [0.05, 0.1) is 12.7 Å². The maximum atomic E-state index is 11.1. The van der Waals surface area contributed by atoms with Crippen molar-refractivity contribution in [2.45, 2.75) is 6.92 Å². The number of ether oxygens (including phenoxy) is 1. The first-order chi connectivity index (χ1) is 7.19. The van der Waals surface area contributed by atoms with E-state index in [1.807, 2.05) is 0 Å². The SMILES string of the molecule is CCOB(O)c1ccc(C(=O)OC)cc1. The highest BCUT2D eigenvalue weighted by molar-refractivity contribution is 6.59. The van der Waals surface area contributed by atoms with Crippen molar-refractivity contribution in [2.75, 3.05) is 13.7 Å². The highest BCUT2D eigenvalue weighted by Gasteiger charge is 2.15. The molecular weight excluding hydrogens is 195 g/mol. The summed E-state index contributed by atoms with van der Waals surface area (Å²) in [5.74, 6) is -0.396. The third-order valence-electron chi connectivity index (χ3n) is 1.94. The van der Waals surface area contributed by atoms with Crippen molar-refractivity contribution in [3.05, 3.63) is 29.8 Å². The number of carbonyl (C=O) groups is 1. The van der Waals surface area contributed by atoms with Gasteiger partial charge in [0.1, 0.15) is 0 Å². The number of benzene rings is 1. The van der Waals surface area contributed by atoms with Crippen LogP contribution in [0.25, 0.3) is 0 Å². The van der Waals surface area contributed by atoms with E-state index in [9.17, 15) is 9.82 Å². The molecule has 0 heterocycles. The fourth-order valence-electron chi connectivity index (χ4n) is 1.16. The molecule has 0 spiro atoms. The lowest BCUT2D eigenvalue weighted by Crippen LogP contribution is -2.33. The number of carbonyl (C=O) groups excluding carboxylic acids is 1. The zero-order valence-corrected chi connectivity index (χ0v) is 8.77. The molecule has 0 saturated carbocycles. The van der Waals surface area contributed by atoms with E-state index in [1.54, 1.807) is 31.2 Å². The maximum absolute atomic E-state index is 11.1. The number of rotatable bonds is 4. The fraction of sp³-hybridized carbons (Fsp3) is 0.300. The molecule has 1 aromatic rings. The molecule has 0 radical (unpaired) electrons. The summed E-state index contributed by atoms with van der Waals surface area (Å²) in [5, 5.41) is 9.47. The predicted octanol–water partition coefficient (Wildman–Crippen LogP) is 0.197. The van der Waals surface area contributed by atoms with E-state index in [0.717, 1.165) is 0 Å². The van der Waals surface area contributed by atoms with Gasteiger partial charge in [0.25, 0.3) is 0 Å². The van der Waals surface area contributed by atoms with Crippen LogP contribution in [-0.4, -0.2) is 31.8 Å². The van der Waals surface area contributed by atoms with E-state index < -0.39 is 13.1 Å². The van der Waals surface area contributed by atoms with Gasteiger partial charge in [-0.15, -0.1) is 0 Å². The average molecular weight is 208 g/mol. The van der Waals surface area contributed by atoms with Gasteiger partial charge in [0.2, 0.25) is 0 Å². The van der Waals surface area contributed by atoms with Crippen LogP contribution < -0.4 is 5.46 Å². The van der Waals surface area contributed by atoms with Crippen LogP contribution in [0, 0.1) is 0 Å². The van der Waals surface area contributed by atoms with E-state index in [1.165, 1.54) is 7.11 Å². The lowest BCUT2D eigenvalue weighted by atomic mass is 9.79. The normalized spacial score (nSPS) is 9.80. The summed E-state index contributed by atoms with van der Waals surface area (Å²) in [5.41, 5.74) is 1.06. The Balaban J connectivity index is 2.76. The Hall–Kier alpha value is -1.33. The van der Waals surface area contributed by atoms with E-state index in [2.05, 4.69) is 4.74 Å². The Morgan fingerprint density at radius 1 is 1.40 bits per heavy atom. The first kappa shape index (κ1) is 11.7. The van der Waals surface area contributed by atoms with Gasteiger partial charge in [-0.1, -0.05) is 12.1 Å². The number of esters is 1. The van der Waals surface area contributed by atoms with Crippen LogP contribution in [0.2, 0.25) is 0 Å². The second kappa shape index (κ2) is 5.53. The molecule has 0 saturated heterocycles. The molecule has 0 aliphatic rings. The van der Waals surface area contributed by atoms with Gasteiger partial charge in [0.15, 0.2) is 0 Å². The van der Waals surface area contributed by atoms with Crippen molar-refractivity contribution in [1.29, 1.82) is 0 Å². The van der Waals surface area contributed by atoms with Crippen molar-refractivity contribution in [1.82, 2.24) is 0 Å². The van der Waals surface area contributed by atoms with Gasteiger partial charge in [-0.2, -0.15) is 0 Å². The highest BCUT2D eigenvalue weighted by atomic mass is 16.5. The highest BCUT2D eigenvalue weighted by Crippen LogP contribution is 1.99. The standard InChI is InChI=1S/C10H13BO4/c1-3-15-11(13)9-6-4-8(5-7-9)10(12)14-2/h4-7,13H,3H2,1-2H3. The fourth-order valence-corrected chi connectivity index (χ4v) is 1.16. The van der Waals surface area contributed by atoms with Crippen LogP contribution in [0.5, 0.6) is 0 Å². The predicted molar refractivity (Wildman–Crippen MR) is 57.0 cm³/mol. The third-order valence-corrected chi connectivity index (χ3v) is 1.94. The zero-order chi connectivity index (χ0) is 11.3. The molecule has 5 heteroatoms. The summed E-state index contributed by atoms with van der Waals surface area (Å²) in [6.45, 7) is 2.23. The van der Waals surface area contributed by atoms with Crippen molar-refractivity contribution in [2.24, 2.45) is 0 Å². The topological polar surface area (TPSA) is 55.8 Å². The molecule has 15 heavy (non-hydrogen) atoms. The molecule has 0 bridgehead atoms.